The van der Waals surface area contributed by atoms with E-state index in [2.05, 4.69) is 27.4 Å². The summed E-state index contributed by atoms with van der Waals surface area (Å²) in [5.74, 6) is 1.57. The molecule has 0 unspecified atom stereocenters. The summed E-state index contributed by atoms with van der Waals surface area (Å²) < 4.78 is 10.7. The number of urea groups is 1. The molecule has 1 aliphatic heterocycles. The van der Waals surface area contributed by atoms with Crippen LogP contribution in [0.3, 0.4) is 0 Å². The second kappa shape index (κ2) is 8.90. The van der Waals surface area contributed by atoms with Gasteiger partial charge in [-0.05, 0) is 54.3 Å². The molecule has 0 spiro atoms. The lowest BCUT2D eigenvalue weighted by Crippen LogP contribution is -2.42. The van der Waals surface area contributed by atoms with Crippen LogP contribution in [0.5, 0.6) is 11.5 Å². The molecule has 2 N–H and O–H groups in total. The molecule has 0 atom stereocenters. The number of carbonyl (C=O) groups excluding carboxylic acids is 1. The van der Waals surface area contributed by atoms with Gasteiger partial charge in [-0.15, -0.1) is 0 Å². The van der Waals surface area contributed by atoms with Gasteiger partial charge in [-0.25, -0.2) is 9.78 Å². The number of rotatable bonds is 6. The minimum atomic E-state index is -0.0484. The lowest BCUT2D eigenvalue weighted by atomic mass is 10.00. The Bertz CT molecular complexity index is 1070. The fourth-order valence-corrected chi connectivity index (χ4v) is 3.81. The van der Waals surface area contributed by atoms with Crippen LogP contribution in [0.15, 0.2) is 48.8 Å². The Hall–Kier alpha value is -3.48. The van der Waals surface area contributed by atoms with Crippen molar-refractivity contribution in [1.82, 2.24) is 20.2 Å². The molecule has 1 aromatic carbocycles. The summed E-state index contributed by atoms with van der Waals surface area (Å²) in [5, 5.41) is 4.13. The highest BCUT2D eigenvalue weighted by Crippen LogP contribution is 2.28. The van der Waals surface area contributed by atoms with Crippen molar-refractivity contribution in [3.05, 3.63) is 59.9 Å². The van der Waals surface area contributed by atoms with E-state index < -0.39 is 0 Å². The number of ether oxygens (including phenoxy) is 2. The van der Waals surface area contributed by atoms with Gasteiger partial charge in [-0.3, -0.25) is 0 Å². The van der Waals surface area contributed by atoms with Crippen molar-refractivity contribution in [3.8, 4) is 11.5 Å². The van der Waals surface area contributed by atoms with E-state index in [1.807, 2.05) is 35.4 Å². The molecule has 0 bridgehead atoms. The number of benzene rings is 1. The molecule has 156 valence electrons. The SMILES string of the molecule is COc1ccc(OC)c(CCNC(=O)N2CC=C(c3c[nH]c4ncccc34)CC2)c1. The molecule has 3 aromatic rings. The molecule has 30 heavy (non-hydrogen) atoms. The van der Waals surface area contributed by atoms with E-state index in [1.54, 1.807) is 20.4 Å². The van der Waals surface area contributed by atoms with Gasteiger partial charge in [-0.1, -0.05) is 6.08 Å². The van der Waals surface area contributed by atoms with Crippen LogP contribution in [0, 0.1) is 0 Å². The van der Waals surface area contributed by atoms with Gasteiger partial charge < -0.3 is 24.7 Å². The number of amides is 2. The van der Waals surface area contributed by atoms with E-state index in [0.717, 1.165) is 34.5 Å². The molecule has 2 aromatic heterocycles. The van der Waals surface area contributed by atoms with E-state index in [0.29, 0.717) is 26.1 Å². The Morgan fingerprint density at radius 1 is 1.27 bits per heavy atom. The van der Waals surface area contributed by atoms with Gasteiger partial charge in [0.25, 0.3) is 0 Å². The Morgan fingerprint density at radius 2 is 2.17 bits per heavy atom. The van der Waals surface area contributed by atoms with Crippen LogP contribution in [-0.2, 0) is 6.42 Å². The summed E-state index contributed by atoms with van der Waals surface area (Å²) in [7, 11) is 3.28. The van der Waals surface area contributed by atoms with Gasteiger partial charge >= 0.3 is 6.03 Å². The maximum atomic E-state index is 12.6. The maximum absolute atomic E-state index is 12.6. The summed E-state index contributed by atoms with van der Waals surface area (Å²) >= 11 is 0. The van der Waals surface area contributed by atoms with Gasteiger partial charge in [0.15, 0.2) is 0 Å². The number of hydrogen-bond acceptors (Lipinski definition) is 4. The number of aromatic nitrogens is 2. The smallest absolute Gasteiger partial charge is 0.317 e. The molecule has 3 heterocycles. The molecular weight excluding hydrogens is 380 g/mol. The monoisotopic (exact) mass is 406 g/mol. The standard InChI is InChI=1S/C23H26N4O3/c1-29-18-5-6-21(30-2)17(14-18)7-11-25-23(28)27-12-8-16(9-13-27)20-15-26-22-19(20)4-3-10-24-22/h3-6,8,10,14-15H,7,9,11-13H2,1-2H3,(H,24,26)(H,25,28). The highest BCUT2D eigenvalue weighted by molar-refractivity contribution is 5.91. The first-order valence-corrected chi connectivity index (χ1v) is 10.0. The zero-order chi connectivity index (χ0) is 20.9. The van der Waals surface area contributed by atoms with Gasteiger partial charge in [0.2, 0.25) is 0 Å². The number of H-pyrrole nitrogens is 1. The summed E-state index contributed by atoms with van der Waals surface area (Å²) in [5.41, 5.74) is 4.31. The van der Waals surface area contributed by atoms with Gasteiger partial charge in [0.05, 0.1) is 14.2 Å². The molecule has 2 amide bonds. The minimum Gasteiger partial charge on any atom is -0.497 e. The van der Waals surface area contributed by atoms with Gasteiger partial charge in [0, 0.05) is 43.0 Å². The molecule has 0 saturated carbocycles. The Morgan fingerprint density at radius 3 is 2.93 bits per heavy atom. The third-order valence-corrected chi connectivity index (χ3v) is 5.45. The molecule has 7 nitrogen and oxygen atoms in total. The fourth-order valence-electron chi connectivity index (χ4n) is 3.81. The Balaban J connectivity index is 1.34. The first kappa shape index (κ1) is 19.8. The predicted octanol–water partition coefficient (Wildman–Crippen LogP) is 3.62. The number of nitrogens with one attached hydrogen (secondary N) is 2. The van der Waals surface area contributed by atoms with Crippen molar-refractivity contribution in [3.63, 3.8) is 0 Å². The molecule has 0 aliphatic carbocycles. The third kappa shape index (κ3) is 4.10. The van der Waals surface area contributed by atoms with Crippen LogP contribution in [0.25, 0.3) is 16.6 Å². The molecule has 4 rings (SSSR count). The van der Waals surface area contributed by atoms with Crippen molar-refractivity contribution in [2.45, 2.75) is 12.8 Å². The second-order valence-corrected chi connectivity index (χ2v) is 7.19. The third-order valence-electron chi connectivity index (χ3n) is 5.45. The van der Waals surface area contributed by atoms with Gasteiger partial charge in [0.1, 0.15) is 17.1 Å². The maximum Gasteiger partial charge on any atom is 0.317 e. The molecule has 1 aliphatic rings. The zero-order valence-electron chi connectivity index (χ0n) is 17.3. The largest absolute Gasteiger partial charge is 0.497 e. The van der Waals surface area contributed by atoms with E-state index >= 15 is 0 Å². The highest BCUT2D eigenvalue weighted by Gasteiger charge is 2.19. The number of pyridine rings is 1. The van der Waals surface area contributed by atoms with Crippen LogP contribution in [-0.4, -0.2) is 54.8 Å². The van der Waals surface area contributed by atoms with Gasteiger partial charge in [-0.2, -0.15) is 0 Å². The number of nitrogens with zero attached hydrogens (tertiary/aromatic N) is 2. The first-order chi connectivity index (χ1) is 14.7. The summed E-state index contributed by atoms with van der Waals surface area (Å²) in [6, 6.07) is 9.65. The van der Waals surface area contributed by atoms with Crippen LogP contribution >= 0.6 is 0 Å². The zero-order valence-corrected chi connectivity index (χ0v) is 17.3. The summed E-state index contributed by atoms with van der Waals surface area (Å²) in [6.07, 6.45) is 7.40. The lowest BCUT2D eigenvalue weighted by Gasteiger charge is -2.26. The van der Waals surface area contributed by atoms with Crippen molar-refractivity contribution in [2.75, 3.05) is 33.9 Å². The average molecular weight is 406 g/mol. The molecule has 7 heteroatoms. The Labute approximate surface area is 175 Å². The van der Waals surface area contributed by atoms with E-state index in [4.69, 9.17) is 9.47 Å². The normalized spacial score (nSPS) is 13.8. The fraction of sp³-hybridized carbons (Fsp3) is 0.304. The number of methoxy groups -OCH3 is 2. The first-order valence-electron chi connectivity index (χ1n) is 10.0. The van der Waals surface area contributed by atoms with Crippen molar-refractivity contribution in [1.29, 1.82) is 0 Å². The van der Waals surface area contributed by atoms with E-state index in [-0.39, 0.29) is 6.03 Å². The van der Waals surface area contributed by atoms with E-state index in [1.165, 1.54) is 11.1 Å². The highest BCUT2D eigenvalue weighted by atomic mass is 16.5. The van der Waals surface area contributed by atoms with Crippen LogP contribution in [0.4, 0.5) is 4.79 Å². The molecule has 0 saturated heterocycles. The van der Waals surface area contributed by atoms with Crippen molar-refractivity contribution < 1.29 is 14.3 Å². The number of carbonyl (C=O) groups is 1. The summed E-state index contributed by atoms with van der Waals surface area (Å²) in [6.45, 7) is 1.81. The second-order valence-electron chi connectivity index (χ2n) is 7.19. The minimum absolute atomic E-state index is 0.0484. The number of aromatic amines is 1. The lowest BCUT2D eigenvalue weighted by molar-refractivity contribution is 0.203. The number of fused-ring (bicyclic) bond motifs is 1. The predicted molar refractivity (Wildman–Crippen MR) is 117 cm³/mol. The van der Waals surface area contributed by atoms with Crippen molar-refractivity contribution in [2.24, 2.45) is 0 Å². The topological polar surface area (TPSA) is 79.5 Å². The molecular formula is C23H26N4O3. The number of hydrogen-bond donors (Lipinski definition) is 2. The quantitative estimate of drug-likeness (QED) is 0.655. The summed E-state index contributed by atoms with van der Waals surface area (Å²) in [4.78, 5) is 22.0. The van der Waals surface area contributed by atoms with Crippen LogP contribution in [0.1, 0.15) is 17.5 Å². The van der Waals surface area contributed by atoms with E-state index in [9.17, 15) is 4.79 Å². The Kier molecular flexibility index (Phi) is 5.88. The van der Waals surface area contributed by atoms with Crippen LogP contribution in [0.2, 0.25) is 0 Å². The van der Waals surface area contributed by atoms with Crippen molar-refractivity contribution >= 4 is 22.6 Å². The van der Waals surface area contributed by atoms with Crippen LogP contribution < -0.4 is 14.8 Å². The average Bonchev–Trinajstić information content (AvgIpc) is 3.23. The molecule has 0 fully saturated rings. The molecule has 0 radical (unpaired) electrons.